The van der Waals surface area contributed by atoms with Crippen LogP contribution in [0.5, 0.6) is 0 Å². The average molecular weight is 519 g/mol. The summed E-state index contributed by atoms with van der Waals surface area (Å²) in [5.41, 5.74) is 2.84. The minimum absolute atomic E-state index is 0.204. The Hall–Kier alpha value is -3.08. The van der Waals surface area contributed by atoms with Crippen LogP contribution in [0.15, 0.2) is 24.3 Å². The minimum Gasteiger partial charge on any atom is -0.390 e. The molecule has 0 aliphatic carbocycles. The van der Waals surface area contributed by atoms with Crippen LogP contribution in [0.4, 0.5) is 5.82 Å². The molecule has 0 amide bonds. The average Bonchev–Trinajstić information content (AvgIpc) is 3.49. The molecule has 0 bridgehead atoms. The maximum absolute atomic E-state index is 10.4. The molecule has 0 spiro atoms. The molecule has 2 aliphatic rings. The third-order valence-electron chi connectivity index (χ3n) is 7.94. The van der Waals surface area contributed by atoms with Crippen LogP contribution in [-0.2, 0) is 11.3 Å². The zero-order chi connectivity index (χ0) is 26.4. The summed E-state index contributed by atoms with van der Waals surface area (Å²) in [7, 11) is 0. The van der Waals surface area contributed by atoms with Crippen LogP contribution in [0.3, 0.4) is 0 Å². The van der Waals surface area contributed by atoms with Gasteiger partial charge in [-0.05, 0) is 57.8 Å². The standard InChI is InChI=1S/C28H38N8O2/c1-18(2)25-29-20-7-5-6-8-21(20)36(25)27-32-24-23(26(33-27)35-13-15-38-16-14-35)30-22(31-24)17-34-11-9-19(10-12-34)28(3,4)37/h5-8,18-19,37H,9-17H2,1-4H3,(H,30,31,32,33). The number of imidazole rings is 2. The first kappa shape index (κ1) is 25.2. The number of rotatable bonds is 6. The van der Waals surface area contributed by atoms with Crippen molar-refractivity contribution in [1.29, 1.82) is 0 Å². The normalized spacial score (nSPS) is 18.3. The van der Waals surface area contributed by atoms with Gasteiger partial charge in [-0.25, -0.2) is 9.97 Å². The molecule has 5 heterocycles. The van der Waals surface area contributed by atoms with E-state index in [1.54, 1.807) is 0 Å². The highest BCUT2D eigenvalue weighted by Crippen LogP contribution is 2.31. The van der Waals surface area contributed by atoms with Crippen molar-refractivity contribution >= 4 is 28.0 Å². The van der Waals surface area contributed by atoms with E-state index in [1.165, 1.54) is 0 Å². The maximum atomic E-state index is 10.4. The summed E-state index contributed by atoms with van der Waals surface area (Å²) in [6.07, 6.45) is 1.97. The molecule has 10 heteroatoms. The predicted molar refractivity (Wildman–Crippen MR) is 148 cm³/mol. The number of nitrogens with one attached hydrogen (secondary N) is 1. The Balaban J connectivity index is 1.39. The fraction of sp³-hybridized carbons (Fsp3) is 0.571. The number of aromatic nitrogens is 6. The van der Waals surface area contributed by atoms with Gasteiger partial charge in [-0.3, -0.25) is 9.47 Å². The van der Waals surface area contributed by atoms with E-state index < -0.39 is 5.60 Å². The lowest BCUT2D eigenvalue weighted by Crippen LogP contribution is -2.41. The molecule has 1 aromatic carbocycles. The van der Waals surface area contributed by atoms with Crippen molar-refractivity contribution in [2.75, 3.05) is 44.3 Å². The largest absolute Gasteiger partial charge is 0.390 e. The number of aromatic amines is 1. The van der Waals surface area contributed by atoms with Crippen molar-refractivity contribution < 1.29 is 9.84 Å². The van der Waals surface area contributed by atoms with Gasteiger partial charge in [0.25, 0.3) is 0 Å². The lowest BCUT2D eigenvalue weighted by Gasteiger charge is -2.37. The highest BCUT2D eigenvalue weighted by molar-refractivity contribution is 5.85. The molecule has 0 atom stereocenters. The van der Waals surface area contributed by atoms with Crippen molar-refractivity contribution in [2.24, 2.45) is 5.92 Å². The van der Waals surface area contributed by atoms with Gasteiger partial charge < -0.3 is 19.7 Å². The van der Waals surface area contributed by atoms with Crippen molar-refractivity contribution in [3.8, 4) is 5.95 Å². The third kappa shape index (κ3) is 4.76. The van der Waals surface area contributed by atoms with Gasteiger partial charge in [0.2, 0.25) is 5.95 Å². The second kappa shape index (κ2) is 9.91. The summed E-state index contributed by atoms with van der Waals surface area (Å²) in [4.78, 5) is 28.2. The number of hydrogen-bond donors (Lipinski definition) is 2. The number of H-pyrrole nitrogens is 1. The summed E-state index contributed by atoms with van der Waals surface area (Å²) in [5.74, 6) is 3.82. The molecule has 0 radical (unpaired) electrons. The van der Waals surface area contributed by atoms with Gasteiger partial charge in [-0.15, -0.1) is 0 Å². The van der Waals surface area contributed by atoms with Crippen LogP contribution in [0.25, 0.3) is 28.1 Å². The molecule has 2 fully saturated rings. The Labute approximate surface area is 223 Å². The molecule has 0 unspecified atom stereocenters. The van der Waals surface area contributed by atoms with Crippen LogP contribution < -0.4 is 4.90 Å². The van der Waals surface area contributed by atoms with Crippen LogP contribution in [0.1, 0.15) is 58.1 Å². The lowest BCUT2D eigenvalue weighted by molar-refractivity contribution is -0.0138. The molecule has 6 rings (SSSR count). The number of anilines is 1. The number of ether oxygens (including phenoxy) is 1. The number of nitrogens with zero attached hydrogens (tertiary/aromatic N) is 7. The van der Waals surface area contributed by atoms with Crippen LogP contribution in [0, 0.1) is 5.92 Å². The van der Waals surface area contributed by atoms with Gasteiger partial charge in [0.15, 0.2) is 11.5 Å². The molecular formula is C28H38N8O2. The minimum atomic E-state index is -0.628. The number of piperidine rings is 1. The zero-order valence-corrected chi connectivity index (χ0v) is 22.8. The maximum Gasteiger partial charge on any atom is 0.239 e. The molecule has 0 saturated carbocycles. The van der Waals surface area contributed by atoms with Crippen LogP contribution in [0.2, 0.25) is 0 Å². The Kier molecular flexibility index (Phi) is 6.57. The summed E-state index contributed by atoms with van der Waals surface area (Å²) in [6.45, 7) is 13.6. The van der Waals surface area contributed by atoms with E-state index in [-0.39, 0.29) is 5.92 Å². The SMILES string of the molecule is CC(C)c1nc2ccccc2n1-c1nc(N2CCOCC2)c2[nH]c(CN3CCC(C(C)(C)O)CC3)nc2n1. The Morgan fingerprint density at radius 3 is 2.47 bits per heavy atom. The number of likely N-dealkylation sites (tertiary alicyclic amines) is 1. The van der Waals surface area contributed by atoms with E-state index in [0.29, 0.717) is 30.7 Å². The van der Waals surface area contributed by atoms with Crippen molar-refractivity contribution in [2.45, 2.75) is 58.6 Å². The highest BCUT2D eigenvalue weighted by Gasteiger charge is 2.31. The smallest absolute Gasteiger partial charge is 0.239 e. The molecule has 10 nitrogen and oxygen atoms in total. The second-order valence-corrected chi connectivity index (χ2v) is 11.5. The van der Waals surface area contributed by atoms with Gasteiger partial charge in [0.05, 0.1) is 36.4 Å². The second-order valence-electron chi connectivity index (χ2n) is 11.5. The lowest BCUT2D eigenvalue weighted by atomic mass is 9.83. The number of fused-ring (bicyclic) bond motifs is 2. The Morgan fingerprint density at radius 1 is 1.03 bits per heavy atom. The Morgan fingerprint density at radius 2 is 1.76 bits per heavy atom. The van der Waals surface area contributed by atoms with Crippen LogP contribution >= 0.6 is 0 Å². The third-order valence-corrected chi connectivity index (χ3v) is 7.94. The van der Waals surface area contributed by atoms with Crippen molar-refractivity contribution in [3.63, 3.8) is 0 Å². The van der Waals surface area contributed by atoms with Gasteiger partial charge in [-0.2, -0.15) is 9.97 Å². The summed E-state index contributed by atoms with van der Waals surface area (Å²) in [6, 6.07) is 8.15. The van der Waals surface area contributed by atoms with Gasteiger partial charge in [-0.1, -0.05) is 26.0 Å². The van der Waals surface area contributed by atoms with Crippen LogP contribution in [-0.4, -0.2) is 84.5 Å². The van der Waals surface area contributed by atoms with E-state index in [2.05, 4.69) is 39.3 Å². The van der Waals surface area contributed by atoms with Gasteiger partial charge in [0.1, 0.15) is 17.2 Å². The van der Waals surface area contributed by atoms with E-state index in [4.69, 9.17) is 24.7 Å². The number of aliphatic hydroxyl groups is 1. The van der Waals surface area contributed by atoms with Gasteiger partial charge in [0, 0.05) is 19.0 Å². The molecule has 2 saturated heterocycles. The number of morpholine rings is 1. The molecule has 2 N–H and O–H groups in total. The van der Waals surface area contributed by atoms with E-state index in [9.17, 15) is 5.11 Å². The van der Waals surface area contributed by atoms with Gasteiger partial charge >= 0.3 is 0 Å². The molecule has 38 heavy (non-hydrogen) atoms. The first-order chi connectivity index (χ1) is 18.3. The predicted octanol–water partition coefficient (Wildman–Crippen LogP) is 3.63. The quantitative estimate of drug-likeness (QED) is 0.398. The first-order valence-electron chi connectivity index (χ1n) is 13.8. The summed E-state index contributed by atoms with van der Waals surface area (Å²) >= 11 is 0. The first-order valence-corrected chi connectivity index (χ1v) is 13.8. The monoisotopic (exact) mass is 518 g/mol. The number of hydrogen-bond acceptors (Lipinski definition) is 8. The Bertz CT molecular complexity index is 1420. The highest BCUT2D eigenvalue weighted by atomic mass is 16.5. The van der Waals surface area contributed by atoms with E-state index >= 15 is 0 Å². The number of benzene rings is 1. The molecule has 202 valence electrons. The molecule has 2 aliphatic heterocycles. The fourth-order valence-electron chi connectivity index (χ4n) is 5.75. The van der Waals surface area contributed by atoms with Crippen molar-refractivity contribution in [1.82, 2.24) is 34.4 Å². The topological polar surface area (TPSA) is 108 Å². The molecule has 4 aromatic rings. The zero-order valence-electron chi connectivity index (χ0n) is 22.8. The summed E-state index contributed by atoms with van der Waals surface area (Å²) < 4.78 is 7.71. The van der Waals surface area contributed by atoms with Crippen molar-refractivity contribution in [3.05, 3.63) is 35.9 Å². The molecule has 3 aromatic heterocycles. The number of para-hydroxylation sites is 2. The molecular weight excluding hydrogens is 480 g/mol. The summed E-state index contributed by atoms with van der Waals surface area (Å²) in [5, 5.41) is 10.4. The fourth-order valence-corrected chi connectivity index (χ4v) is 5.75. The van der Waals surface area contributed by atoms with E-state index in [0.717, 1.165) is 79.6 Å². The van der Waals surface area contributed by atoms with E-state index in [1.807, 2.05) is 32.0 Å².